The van der Waals surface area contributed by atoms with Gasteiger partial charge in [0.15, 0.2) is 0 Å². The van der Waals surface area contributed by atoms with Crippen molar-refractivity contribution in [2.75, 3.05) is 26.2 Å². The first-order chi connectivity index (χ1) is 12.1. The Morgan fingerprint density at radius 3 is 2.52 bits per heavy atom. The number of hydrogen-bond donors (Lipinski definition) is 0. The molecule has 4 rings (SSSR count). The van der Waals surface area contributed by atoms with Crippen LogP contribution in [-0.4, -0.2) is 46.5 Å². The Hall–Kier alpha value is -2.14. The van der Waals surface area contributed by atoms with Crippen LogP contribution in [0.1, 0.15) is 24.8 Å². The lowest BCUT2D eigenvalue weighted by molar-refractivity contribution is -0.140. The van der Waals surface area contributed by atoms with Crippen LogP contribution in [0.15, 0.2) is 35.1 Å². The number of pyridine rings is 1. The van der Waals surface area contributed by atoms with Gasteiger partial charge in [-0.25, -0.2) is 0 Å². The number of fused-ring (bicyclic) bond motifs is 1. The molecule has 0 N–H and O–H groups in total. The molecule has 2 fully saturated rings. The number of carbonyl (C=O) groups excluding carboxylic acids is 1. The summed E-state index contributed by atoms with van der Waals surface area (Å²) in [6.07, 6.45) is 3.32. The molecular weight excluding hydrogens is 314 g/mol. The van der Waals surface area contributed by atoms with E-state index in [0.29, 0.717) is 12.5 Å². The second-order valence-corrected chi connectivity index (χ2v) is 7.32. The van der Waals surface area contributed by atoms with Crippen molar-refractivity contribution in [3.8, 4) is 0 Å². The third kappa shape index (κ3) is 3.09. The van der Waals surface area contributed by atoms with Crippen LogP contribution >= 0.6 is 0 Å². The van der Waals surface area contributed by atoms with Gasteiger partial charge >= 0.3 is 0 Å². The molecule has 0 bridgehead atoms. The zero-order valence-electron chi connectivity index (χ0n) is 14.8. The molecule has 25 heavy (non-hydrogen) atoms. The summed E-state index contributed by atoms with van der Waals surface area (Å²) in [7, 11) is 1.84. The van der Waals surface area contributed by atoms with Crippen LogP contribution < -0.4 is 5.56 Å². The van der Waals surface area contributed by atoms with Crippen LogP contribution in [0.4, 0.5) is 0 Å². The highest BCUT2D eigenvalue weighted by molar-refractivity contribution is 5.80. The number of hydrogen-bond acceptors (Lipinski definition) is 3. The smallest absolute Gasteiger partial charge is 0.255 e. The molecule has 1 aliphatic carbocycles. The van der Waals surface area contributed by atoms with Gasteiger partial charge in [0.2, 0.25) is 5.91 Å². The highest BCUT2D eigenvalue weighted by Crippen LogP contribution is 2.28. The lowest BCUT2D eigenvalue weighted by Gasteiger charge is -2.38. The number of nitrogens with zero attached hydrogens (tertiary/aromatic N) is 3. The number of aromatic nitrogens is 1. The fourth-order valence-corrected chi connectivity index (χ4v) is 3.88. The van der Waals surface area contributed by atoms with Crippen molar-refractivity contribution < 1.29 is 4.79 Å². The van der Waals surface area contributed by atoms with Crippen molar-refractivity contribution in [3.63, 3.8) is 0 Å². The molecule has 0 unspecified atom stereocenters. The van der Waals surface area contributed by atoms with Gasteiger partial charge in [-0.3, -0.25) is 14.5 Å². The van der Waals surface area contributed by atoms with Crippen molar-refractivity contribution in [1.82, 2.24) is 14.4 Å². The number of rotatable bonds is 3. The maximum absolute atomic E-state index is 12.6. The van der Waals surface area contributed by atoms with E-state index in [4.69, 9.17) is 0 Å². The normalized spacial score (nSPS) is 19.2. The molecule has 0 atom stereocenters. The molecule has 0 radical (unpaired) electrons. The molecule has 2 heterocycles. The van der Waals surface area contributed by atoms with E-state index >= 15 is 0 Å². The maximum atomic E-state index is 12.6. The van der Waals surface area contributed by atoms with Gasteiger partial charge in [-0.1, -0.05) is 24.6 Å². The highest BCUT2D eigenvalue weighted by atomic mass is 16.2. The van der Waals surface area contributed by atoms with Gasteiger partial charge in [-0.2, -0.15) is 0 Å². The van der Waals surface area contributed by atoms with E-state index in [1.807, 2.05) is 42.3 Å². The van der Waals surface area contributed by atoms with E-state index in [-0.39, 0.29) is 11.5 Å². The minimum Gasteiger partial charge on any atom is -0.340 e. The van der Waals surface area contributed by atoms with E-state index in [0.717, 1.165) is 55.5 Å². The minimum absolute atomic E-state index is 0.0756. The number of aryl methyl sites for hydroxylation is 1. The lowest BCUT2D eigenvalue weighted by atomic mass is 9.84. The van der Waals surface area contributed by atoms with E-state index in [1.54, 1.807) is 4.57 Å². The van der Waals surface area contributed by atoms with Crippen molar-refractivity contribution >= 4 is 16.8 Å². The Morgan fingerprint density at radius 1 is 1.12 bits per heavy atom. The summed E-state index contributed by atoms with van der Waals surface area (Å²) in [6, 6.07) is 10.0. The summed E-state index contributed by atoms with van der Waals surface area (Å²) in [5.41, 5.74) is 1.87. The monoisotopic (exact) mass is 339 g/mol. The van der Waals surface area contributed by atoms with Crippen molar-refractivity contribution in [2.45, 2.75) is 25.8 Å². The van der Waals surface area contributed by atoms with Gasteiger partial charge in [0, 0.05) is 51.3 Å². The van der Waals surface area contributed by atoms with Crippen LogP contribution in [0.25, 0.3) is 10.9 Å². The molecule has 1 saturated carbocycles. The summed E-state index contributed by atoms with van der Waals surface area (Å²) in [4.78, 5) is 29.3. The molecule has 5 heteroatoms. The molecule has 1 saturated heterocycles. The van der Waals surface area contributed by atoms with Crippen molar-refractivity contribution in [1.29, 1.82) is 0 Å². The quantitative estimate of drug-likeness (QED) is 0.859. The van der Waals surface area contributed by atoms with Crippen LogP contribution in [0.5, 0.6) is 0 Å². The summed E-state index contributed by atoms with van der Waals surface area (Å²) in [5, 5.41) is 1.10. The Bertz CT molecular complexity index is 846. The predicted molar refractivity (Wildman–Crippen MR) is 98.4 cm³/mol. The van der Waals surface area contributed by atoms with Gasteiger partial charge < -0.3 is 9.47 Å². The molecule has 5 nitrogen and oxygen atoms in total. The third-order valence-corrected chi connectivity index (χ3v) is 5.74. The Kier molecular flexibility index (Phi) is 4.34. The average molecular weight is 339 g/mol. The number of carbonyl (C=O) groups is 1. The first-order valence-corrected chi connectivity index (χ1v) is 9.22. The molecule has 1 amide bonds. The van der Waals surface area contributed by atoms with E-state index in [1.165, 1.54) is 6.42 Å². The summed E-state index contributed by atoms with van der Waals surface area (Å²) in [6.45, 7) is 3.90. The van der Waals surface area contributed by atoms with Crippen LogP contribution in [-0.2, 0) is 18.4 Å². The molecule has 0 spiro atoms. The summed E-state index contributed by atoms with van der Waals surface area (Å²) in [5.74, 6) is 0.617. The molecule has 2 aromatic rings. The molecule has 1 aromatic heterocycles. The van der Waals surface area contributed by atoms with Crippen LogP contribution in [0, 0.1) is 5.92 Å². The van der Waals surface area contributed by atoms with E-state index in [2.05, 4.69) is 4.90 Å². The third-order valence-electron chi connectivity index (χ3n) is 5.74. The first kappa shape index (κ1) is 16.3. The number of amides is 1. The molecular formula is C20H25N3O2. The van der Waals surface area contributed by atoms with Gasteiger partial charge in [0.05, 0.1) is 5.52 Å². The number of benzene rings is 1. The van der Waals surface area contributed by atoms with Gasteiger partial charge in [-0.05, 0) is 30.4 Å². The van der Waals surface area contributed by atoms with Crippen molar-refractivity contribution in [2.24, 2.45) is 13.0 Å². The van der Waals surface area contributed by atoms with E-state index in [9.17, 15) is 9.59 Å². The second kappa shape index (κ2) is 6.64. The molecule has 1 aromatic carbocycles. The second-order valence-electron chi connectivity index (χ2n) is 7.32. The average Bonchev–Trinajstić information content (AvgIpc) is 2.58. The molecule has 2 aliphatic rings. The fraction of sp³-hybridized carbons (Fsp3) is 0.500. The summed E-state index contributed by atoms with van der Waals surface area (Å²) >= 11 is 0. The Balaban J connectivity index is 1.45. The zero-order chi connectivity index (χ0) is 17.4. The van der Waals surface area contributed by atoms with Gasteiger partial charge in [0.1, 0.15) is 0 Å². The fourth-order valence-electron chi connectivity index (χ4n) is 3.88. The van der Waals surface area contributed by atoms with Crippen LogP contribution in [0.3, 0.4) is 0 Å². The van der Waals surface area contributed by atoms with Gasteiger partial charge in [-0.15, -0.1) is 0 Å². The van der Waals surface area contributed by atoms with Crippen molar-refractivity contribution in [3.05, 3.63) is 46.2 Å². The molecule has 1 aliphatic heterocycles. The topological polar surface area (TPSA) is 45.6 Å². The highest BCUT2D eigenvalue weighted by Gasteiger charge is 2.31. The first-order valence-electron chi connectivity index (χ1n) is 9.22. The molecule has 132 valence electrons. The number of para-hydroxylation sites is 1. The Morgan fingerprint density at radius 2 is 1.84 bits per heavy atom. The predicted octanol–water partition coefficient (Wildman–Crippen LogP) is 1.98. The Labute approximate surface area is 147 Å². The minimum atomic E-state index is 0.0756. The van der Waals surface area contributed by atoms with Crippen LogP contribution in [0.2, 0.25) is 0 Å². The standard InChI is InChI=1S/C20H25N3O2/c1-21-18-8-3-2-5-16(18)13-17(19(21)24)14-22-9-11-23(12-10-22)20(25)15-6-4-7-15/h2-3,5,8,13,15H,4,6-7,9-12,14H2,1H3. The SMILES string of the molecule is Cn1c(=O)c(CN2CCN(C(=O)C3CCC3)CC2)cc2ccccc21. The van der Waals surface area contributed by atoms with E-state index < -0.39 is 0 Å². The summed E-state index contributed by atoms with van der Waals surface area (Å²) < 4.78 is 1.74. The zero-order valence-corrected chi connectivity index (χ0v) is 14.8. The van der Waals surface area contributed by atoms with Gasteiger partial charge in [0.25, 0.3) is 5.56 Å². The maximum Gasteiger partial charge on any atom is 0.255 e. The lowest BCUT2D eigenvalue weighted by Crippen LogP contribution is -2.51. The largest absolute Gasteiger partial charge is 0.340 e. The number of piperazine rings is 1.